The average molecular weight is 294 g/mol. The fraction of sp³-hybridized carbons (Fsp3) is 0.444. The quantitative estimate of drug-likeness (QED) is 0.834. The smallest absolute Gasteiger partial charge is 0.158 e. The van der Waals surface area contributed by atoms with Crippen molar-refractivity contribution in [1.82, 2.24) is 4.98 Å². The lowest BCUT2D eigenvalue weighted by atomic mass is 10.1. The van der Waals surface area contributed by atoms with Gasteiger partial charge in [-0.05, 0) is 41.9 Å². The summed E-state index contributed by atoms with van der Waals surface area (Å²) in [6.07, 6.45) is -1.03. The molecule has 15 heavy (non-hydrogen) atoms. The van der Waals surface area contributed by atoms with Crippen LogP contribution < -0.4 is 0 Å². The van der Waals surface area contributed by atoms with E-state index in [0.29, 0.717) is 5.69 Å². The van der Waals surface area contributed by atoms with Gasteiger partial charge in [0, 0.05) is 4.47 Å². The molecule has 0 radical (unpaired) electrons. The summed E-state index contributed by atoms with van der Waals surface area (Å²) in [4.78, 5) is 4.13. The van der Waals surface area contributed by atoms with Crippen molar-refractivity contribution in [2.75, 3.05) is 0 Å². The van der Waals surface area contributed by atoms with Gasteiger partial charge in [-0.2, -0.15) is 0 Å². The Bertz CT molecular complexity index is 386. The maximum atomic E-state index is 10.8. The Balaban J connectivity index is 2.96. The van der Waals surface area contributed by atoms with E-state index in [-0.39, 0.29) is 0 Å². The van der Waals surface area contributed by atoms with Gasteiger partial charge in [0.05, 0.1) is 16.6 Å². The molecule has 0 saturated heterocycles. The normalized spacial score (nSPS) is 17.1. The predicted octanol–water partition coefficient (Wildman–Crippen LogP) is 1.80. The van der Waals surface area contributed by atoms with Gasteiger partial charge in [0.2, 0.25) is 0 Å². The maximum absolute atomic E-state index is 10.8. The fourth-order valence-corrected chi connectivity index (χ4v) is 1.66. The van der Waals surface area contributed by atoms with E-state index >= 15 is 0 Å². The average Bonchev–Trinajstić information content (AvgIpc) is 2.19. The molecule has 0 aliphatic heterocycles. The Morgan fingerprint density at radius 3 is 2.60 bits per heavy atom. The van der Waals surface area contributed by atoms with Crippen molar-refractivity contribution in [1.29, 1.82) is 0 Å². The van der Waals surface area contributed by atoms with E-state index in [1.54, 1.807) is 19.1 Å². The second-order valence-corrected chi connectivity index (χ2v) is 5.38. The molecule has 1 aromatic rings. The Labute approximate surface area is 99.2 Å². The van der Waals surface area contributed by atoms with Gasteiger partial charge in [-0.1, -0.05) is 0 Å². The third-order valence-electron chi connectivity index (χ3n) is 2.11. The van der Waals surface area contributed by atoms with Crippen molar-refractivity contribution >= 4 is 27.0 Å². The molecule has 0 spiro atoms. The molecule has 0 aromatic carbocycles. The number of aliphatic hydroxyl groups is 1. The Kier molecular flexibility index (Phi) is 4.39. The molecule has 0 saturated carbocycles. The molecule has 6 heteroatoms. The third-order valence-corrected chi connectivity index (χ3v) is 3.84. The van der Waals surface area contributed by atoms with Crippen LogP contribution in [0, 0.1) is 6.92 Å². The maximum Gasteiger partial charge on any atom is 0.158 e. The lowest BCUT2D eigenvalue weighted by Gasteiger charge is -2.15. The third kappa shape index (κ3) is 3.07. The number of aliphatic hydroxyl groups excluding tert-OH is 1. The zero-order valence-electron chi connectivity index (χ0n) is 8.35. The van der Waals surface area contributed by atoms with Crippen molar-refractivity contribution in [3.63, 3.8) is 0 Å². The summed E-state index contributed by atoms with van der Waals surface area (Å²) in [5, 5.41) is 8.99. The van der Waals surface area contributed by atoms with E-state index < -0.39 is 22.4 Å². The first-order chi connectivity index (χ1) is 6.93. The van der Waals surface area contributed by atoms with E-state index in [4.69, 9.17) is 4.55 Å². The predicted molar refractivity (Wildman–Crippen MR) is 61.9 cm³/mol. The summed E-state index contributed by atoms with van der Waals surface area (Å²) in [5.41, 5.74) is 1.15. The van der Waals surface area contributed by atoms with Gasteiger partial charge < -0.3 is 9.66 Å². The molecule has 1 unspecified atom stereocenters. The molecule has 1 aromatic heterocycles. The highest BCUT2D eigenvalue weighted by Crippen LogP contribution is 2.21. The first kappa shape index (κ1) is 12.8. The Hall–Kier alpha value is -0.300. The zero-order chi connectivity index (χ0) is 11.6. The molecule has 0 fully saturated rings. The molecule has 0 aliphatic carbocycles. The number of rotatable bonds is 3. The highest BCUT2D eigenvalue weighted by atomic mass is 79.9. The summed E-state index contributed by atoms with van der Waals surface area (Å²) in [6, 6.07) is 3.39. The van der Waals surface area contributed by atoms with E-state index in [2.05, 4.69) is 20.9 Å². The molecule has 1 heterocycles. The zero-order valence-corrected chi connectivity index (χ0v) is 10.7. The minimum Gasteiger partial charge on any atom is -0.385 e. The van der Waals surface area contributed by atoms with Crippen molar-refractivity contribution in [3.8, 4) is 0 Å². The summed E-state index contributed by atoms with van der Waals surface area (Å²) in [7, 11) is 0. The lowest BCUT2D eigenvalue weighted by molar-refractivity contribution is 0.170. The van der Waals surface area contributed by atoms with Gasteiger partial charge in [0.1, 0.15) is 6.10 Å². The summed E-state index contributed by atoms with van der Waals surface area (Å²) in [5.74, 6) is 0. The van der Waals surface area contributed by atoms with Gasteiger partial charge in [0.25, 0.3) is 0 Å². The van der Waals surface area contributed by atoms with Crippen LogP contribution in [-0.2, 0) is 11.1 Å². The van der Waals surface area contributed by atoms with Crippen molar-refractivity contribution in [2.24, 2.45) is 0 Å². The number of nitrogens with zero attached hydrogens (tertiary/aromatic N) is 1. The minimum atomic E-state index is -2.05. The van der Waals surface area contributed by atoms with Crippen LogP contribution in [0.2, 0.25) is 0 Å². The largest absolute Gasteiger partial charge is 0.385 e. The molecule has 2 N–H and O–H groups in total. The molecule has 0 bridgehead atoms. The van der Waals surface area contributed by atoms with Crippen molar-refractivity contribution < 1.29 is 13.9 Å². The lowest BCUT2D eigenvalue weighted by Crippen LogP contribution is -2.21. The first-order valence-electron chi connectivity index (χ1n) is 4.34. The standard InChI is InChI=1S/C9H12BrNO3S/c1-5-7(10)3-4-8(11-5)9(12)6(2)15(13)14/h3-4,6,9,12H,1-2H3,(H,13,14)/t6-,9-/m0/s1. The van der Waals surface area contributed by atoms with Gasteiger partial charge in [0.15, 0.2) is 11.1 Å². The van der Waals surface area contributed by atoms with Gasteiger partial charge >= 0.3 is 0 Å². The van der Waals surface area contributed by atoms with E-state index in [0.717, 1.165) is 10.2 Å². The molecule has 1 rings (SSSR count). The minimum absolute atomic E-state index is 0.408. The van der Waals surface area contributed by atoms with Gasteiger partial charge in [-0.25, -0.2) is 4.21 Å². The summed E-state index contributed by atoms with van der Waals surface area (Å²) < 4.78 is 20.5. The second kappa shape index (κ2) is 5.16. The fourth-order valence-electron chi connectivity index (χ4n) is 1.08. The molecule has 0 aliphatic rings. The van der Waals surface area contributed by atoms with Crippen molar-refractivity contribution in [3.05, 3.63) is 28.0 Å². The van der Waals surface area contributed by atoms with Crippen LogP contribution in [0.15, 0.2) is 16.6 Å². The monoisotopic (exact) mass is 293 g/mol. The van der Waals surface area contributed by atoms with E-state index in [9.17, 15) is 9.32 Å². The van der Waals surface area contributed by atoms with Crippen LogP contribution in [0.1, 0.15) is 24.4 Å². The van der Waals surface area contributed by atoms with Crippen LogP contribution in [0.3, 0.4) is 0 Å². The second-order valence-electron chi connectivity index (χ2n) is 3.23. The summed E-state index contributed by atoms with van der Waals surface area (Å²) in [6.45, 7) is 3.29. The Morgan fingerprint density at radius 1 is 1.53 bits per heavy atom. The first-order valence-corrected chi connectivity index (χ1v) is 6.30. The summed E-state index contributed by atoms with van der Waals surface area (Å²) >= 11 is 1.24. The molecule has 3 atom stereocenters. The number of hydrogen-bond donors (Lipinski definition) is 2. The molecular weight excluding hydrogens is 282 g/mol. The van der Waals surface area contributed by atoms with Crippen LogP contribution >= 0.6 is 15.9 Å². The highest BCUT2D eigenvalue weighted by molar-refractivity contribution is 9.10. The number of hydrogen-bond acceptors (Lipinski definition) is 3. The molecule has 0 amide bonds. The molecular formula is C9H12BrNO3S. The van der Waals surface area contributed by atoms with Crippen LogP contribution in [0.5, 0.6) is 0 Å². The highest BCUT2D eigenvalue weighted by Gasteiger charge is 2.22. The number of aryl methyl sites for hydroxylation is 1. The molecule has 84 valence electrons. The van der Waals surface area contributed by atoms with Crippen LogP contribution in [0.4, 0.5) is 0 Å². The van der Waals surface area contributed by atoms with Gasteiger partial charge in [-0.3, -0.25) is 4.98 Å². The number of pyridine rings is 1. The van der Waals surface area contributed by atoms with Gasteiger partial charge in [-0.15, -0.1) is 0 Å². The SMILES string of the molecule is Cc1nc([C@@H](O)[C@H](C)S(=O)O)ccc1Br. The van der Waals surface area contributed by atoms with E-state index in [1.165, 1.54) is 6.92 Å². The van der Waals surface area contributed by atoms with Crippen LogP contribution in [0.25, 0.3) is 0 Å². The Morgan fingerprint density at radius 2 is 2.13 bits per heavy atom. The number of halogens is 1. The van der Waals surface area contributed by atoms with Crippen LogP contribution in [-0.4, -0.2) is 24.1 Å². The van der Waals surface area contributed by atoms with Crippen molar-refractivity contribution in [2.45, 2.75) is 25.2 Å². The topological polar surface area (TPSA) is 70.4 Å². The van der Waals surface area contributed by atoms with E-state index in [1.807, 2.05) is 0 Å². The molecule has 4 nitrogen and oxygen atoms in total. The number of aromatic nitrogens is 1.